The highest BCUT2D eigenvalue weighted by molar-refractivity contribution is 4.55. The van der Waals surface area contributed by atoms with Crippen molar-refractivity contribution in [1.82, 2.24) is 16.0 Å². The summed E-state index contributed by atoms with van der Waals surface area (Å²) in [6, 6.07) is 0. The molecule has 0 aromatic carbocycles. The first-order valence-electron chi connectivity index (χ1n) is 6.78. The molecule has 0 atom stereocenters. The van der Waals surface area contributed by atoms with E-state index in [1.807, 2.05) is 0 Å². The Morgan fingerprint density at radius 3 is 0.941 bits per heavy atom. The number of rotatable bonds is 0. The summed E-state index contributed by atoms with van der Waals surface area (Å²) in [7, 11) is 0. The van der Waals surface area contributed by atoms with Crippen LogP contribution < -0.4 is 16.0 Å². The van der Waals surface area contributed by atoms with Crippen LogP contribution in [0.4, 0.5) is 0 Å². The van der Waals surface area contributed by atoms with Crippen molar-refractivity contribution in [3.8, 4) is 0 Å². The number of morpholine rings is 2. The lowest BCUT2D eigenvalue weighted by molar-refractivity contribution is 0.109. The quantitative estimate of drug-likeness (QED) is 0.541. The van der Waals surface area contributed by atoms with Crippen molar-refractivity contribution in [2.45, 2.75) is 12.8 Å². The molecule has 0 saturated carbocycles. The summed E-state index contributed by atoms with van der Waals surface area (Å²) >= 11 is 0. The maximum Gasteiger partial charge on any atom is 0.0591 e. The zero-order chi connectivity index (χ0) is 12.0. The molecule has 3 heterocycles. The van der Waals surface area contributed by atoms with Crippen molar-refractivity contribution in [3.63, 3.8) is 0 Å². The standard InChI is InChI=1S/2C4H9NO.C4H9N/c2*1-3-6-4-2-5-1;1-2-4-5-3-1/h2*5H,1-4H2;5H,1-4H2. The van der Waals surface area contributed by atoms with Gasteiger partial charge in [-0.3, -0.25) is 0 Å². The summed E-state index contributed by atoms with van der Waals surface area (Å²) in [4.78, 5) is 0. The SMILES string of the molecule is C1CCNC1.C1COCCN1.C1COCCN1. The Morgan fingerprint density at radius 2 is 0.824 bits per heavy atom. The Morgan fingerprint density at radius 1 is 0.471 bits per heavy atom. The van der Waals surface area contributed by atoms with Gasteiger partial charge in [0.25, 0.3) is 0 Å². The maximum absolute atomic E-state index is 5.01. The van der Waals surface area contributed by atoms with E-state index in [0.29, 0.717) is 0 Å². The average molecular weight is 245 g/mol. The molecular formula is C12H27N3O2. The second-order valence-corrected chi connectivity index (χ2v) is 4.18. The van der Waals surface area contributed by atoms with Crippen LogP contribution >= 0.6 is 0 Å². The summed E-state index contributed by atoms with van der Waals surface area (Å²) in [5, 5.41) is 9.54. The van der Waals surface area contributed by atoms with Gasteiger partial charge < -0.3 is 25.4 Å². The van der Waals surface area contributed by atoms with E-state index in [4.69, 9.17) is 9.47 Å². The Bertz CT molecular complexity index is 104. The third-order valence-electron chi connectivity index (χ3n) is 2.65. The Balaban J connectivity index is 0.000000128. The van der Waals surface area contributed by atoms with Gasteiger partial charge in [0.2, 0.25) is 0 Å². The molecule has 0 aliphatic carbocycles. The molecule has 0 radical (unpaired) electrons. The molecule has 3 saturated heterocycles. The monoisotopic (exact) mass is 245 g/mol. The third-order valence-corrected chi connectivity index (χ3v) is 2.65. The van der Waals surface area contributed by atoms with Gasteiger partial charge in [-0.15, -0.1) is 0 Å². The summed E-state index contributed by atoms with van der Waals surface area (Å²) < 4.78 is 10.0. The van der Waals surface area contributed by atoms with Crippen molar-refractivity contribution in [2.75, 3.05) is 65.7 Å². The molecule has 0 aromatic rings. The second-order valence-electron chi connectivity index (χ2n) is 4.18. The van der Waals surface area contributed by atoms with Crippen LogP contribution in [0.5, 0.6) is 0 Å². The molecular weight excluding hydrogens is 218 g/mol. The van der Waals surface area contributed by atoms with Crippen LogP contribution in [0.3, 0.4) is 0 Å². The molecule has 3 aliphatic heterocycles. The lowest BCUT2D eigenvalue weighted by atomic mass is 10.4. The van der Waals surface area contributed by atoms with Crippen LogP contribution in [-0.2, 0) is 9.47 Å². The van der Waals surface area contributed by atoms with E-state index >= 15 is 0 Å². The van der Waals surface area contributed by atoms with E-state index in [2.05, 4.69) is 16.0 Å². The van der Waals surface area contributed by atoms with Crippen LogP contribution in [0, 0.1) is 0 Å². The highest BCUT2D eigenvalue weighted by Gasteiger charge is 1.94. The van der Waals surface area contributed by atoms with E-state index < -0.39 is 0 Å². The smallest absolute Gasteiger partial charge is 0.0591 e. The van der Waals surface area contributed by atoms with Gasteiger partial charge in [-0.05, 0) is 25.9 Å². The minimum absolute atomic E-state index is 0.889. The second kappa shape index (κ2) is 12.3. The minimum Gasteiger partial charge on any atom is -0.379 e. The van der Waals surface area contributed by atoms with Gasteiger partial charge in [0, 0.05) is 26.2 Å². The largest absolute Gasteiger partial charge is 0.379 e. The highest BCUT2D eigenvalue weighted by atomic mass is 16.5. The van der Waals surface area contributed by atoms with Crippen LogP contribution in [0.25, 0.3) is 0 Å². The lowest BCUT2D eigenvalue weighted by Gasteiger charge is -2.10. The zero-order valence-electron chi connectivity index (χ0n) is 10.8. The summed E-state index contributed by atoms with van der Waals surface area (Å²) in [5.41, 5.74) is 0. The molecule has 3 rings (SSSR count). The molecule has 5 heteroatoms. The molecule has 0 amide bonds. The van der Waals surface area contributed by atoms with Crippen molar-refractivity contribution in [3.05, 3.63) is 0 Å². The van der Waals surface area contributed by atoms with Crippen molar-refractivity contribution in [2.24, 2.45) is 0 Å². The first-order valence-corrected chi connectivity index (χ1v) is 6.78. The van der Waals surface area contributed by atoms with Crippen molar-refractivity contribution >= 4 is 0 Å². The first kappa shape index (κ1) is 14.9. The topological polar surface area (TPSA) is 54.5 Å². The molecule has 0 aromatic heterocycles. The zero-order valence-corrected chi connectivity index (χ0v) is 10.8. The average Bonchev–Trinajstić information content (AvgIpc) is 3.03. The predicted octanol–water partition coefficient (Wildman–Crippen LogP) is -0.418. The third kappa shape index (κ3) is 10.7. The Labute approximate surface area is 105 Å². The van der Waals surface area contributed by atoms with Gasteiger partial charge >= 0.3 is 0 Å². The van der Waals surface area contributed by atoms with E-state index in [9.17, 15) is 0 Å². The number of hydrogen-bond acceptors (Lipinski definition) is 5. The van der Waals surface area contributed by atoms with Gasteiger partial charge in [0.1, 0.15) is 0 Å². The molecule has 0 unspecified atom stereocenters. The van der Waals surface area contributed by atoms with Crippen LogP contribution in [0.15, 0.2) is 0 Å². The highest BCUT2D eigenvalue weighted by Crippen LogP contribution is 1.90. The van der Waals surface area contributed by atoms with Gasteiger partial charge in [-0.25, -0.2) is 0 Å². The molecule has 3 fully saturated rings. The van der Waals surface area contributed by atoms with Gasteiger partial charge in [-0.2, -0.15) is 0 Å². The molecule has 102 valence electrons. The van der Waals surface area contributed by atoms with E-state index in [1.165, 1.54) is 25.9 Å². The molecule has 0 spiro atoms. The minimum atomic E-state index is 0.889. The van der Waals surface area contributed by atoms with Crippen LogP contribution in [0.2, 0.25) is 0 Å². The number of ether oxygens (including phenoxy) is 2. The molecule has 3 aliphatic rings. The maximum atomic E-state index is 5.01. The number of hydrogen-bond donors (Lipinski definition) is 3. The van der Waals surface area contributed by atoms with Gasteiger partial charge in [0.15, 0.2) is 0 Å². The Hall–Kier alpha value is -0.200. The lowest BCUT2D eigenvalue weighted by Crippen LogP contribution is -2.30. The summed E-state index contributed by atoms with van der Waals surface area (Å²) in [6.45, 7) is 10.2. The van der Waals surface area contributed by atoms with Gasteiger partial charge in [-0.1, -0.05) is 0 Å². The van der Waals surface area contributed by atoms with E-state index in [0.717, 1.165) is 52.6 Å². The van der Waals surface area contributed by atoms with E-state index in [1.54, 1.807) is 0 Å². The fraction of sp³-hybridized carbons (Fsp3) is 1.00. The molecule has 3 N–H and O–H groups in total. The molecule has 17 heavy (non-hydrogen) atoms. The molecule has 0 bridgehead atoms. The predicted molar refractivity (Wildman–Crippen MR) is 69.5 cm³/mol. The van der Waals surface area contributed by atoms with Crippen LogP contribution in [-0.4, -0.2) is 65.7 Å². The van der Waals surface area contributed by atoms with E-state index in [-0.39, 0.29) is 0 Å². The van der Waals surface area contributed by atoms with Crippen LogP contribution in [0.1, 0.15) is 12.8 Å². The van der Waals surface area contributed by atoms with Crippen molar-refractivity contribution in [1.29, 1.82) is 0 Å². The normalized spacial score (nSPS) is 24.0. The summed E-state index contributed by atoms with van der Waals surface area (Å²) in [5.74, 6) is 0. The Kier molecular flexibility index (Phi) is 10.7. The van der Waals surface area contributed by atoms with Crippen molar-refractivity contribution < 1.29 is 9.47 Å². The fourth-order valence-corrected chi connectivity index (χ4v) is 1.66. The fourth-order valence-electron chi connectivity index (χ4n) is 1.66. The summed E-state index contributed by atoms with van der Waals surface area (Å²) in [6.07, 6.45) is 2.78. The van der Waals surface area contributed by atoms with Gasteiger partial charge in [0.05, 0.1) is 26.4 Å². The molecule has 5 nitrogen and oxygen atoms in total. The number of nitrogens with one attached hydrogen (secondary N) is 3. The first-order chi connectivity index (χ1) is 8.50.